The molecule has 2 heterocycles. The molecular formula is C18H26N4O2+2. The predicted octanol–water partition coefficient (Wildman–Crippen LogP) is -1.44. The van der Waals surface area contributed by atoms with Gasteiger partial charge in [0.1, 0.15) is 31.7 Å². The lowest BCUT2D eigenvalue weighted by molar-refractivity contribution is -1.00. The molecule has 0 unspecified atom stereocenters. The monoisotopic (exact) mass is 330 g/mol. The zero-order valence-electron chi connectivity index (χ0n) is 14.2. The van der Waals surface area contributed by atoms with Gasteiger partial charge in [0.2, 0.25) is 0 Å². The molecule has 0 atom stereocenters. The number of hydrogen-bond acceptors (Lipinski definition) is 3. The number of aldehydes is 1. The molecule has 6 heteroatoms. The minimum absolute atomic E-state index is 0.184. The lowest BCUT2D eigenvalue weighted by Crippen LogP contribution is -3.27. The summed E-state index contributed by atoms with van der Waals surface area (Å²) in [7, 11) is 2.25. The predicted molar refractivity (Wildman–Crippen MR) is 95.2 cm³/mol. The number of pyridine rings is 1. The molecule has 2 aromatic rings. The maximum atomic E-state index is 12.1. The quantitative estimate of drug-likeness (QED) is 0.387. The van der Waals surface area contributed by atoms with Crippen molar-refractivity contribution in [2.24, 2.45) is 0 Å². The molecule has 3 rings (SSSR count). The van der Waals surface area contributed by atoms with Crippen LogP contribution in [0.2, 0.25) is 0 Å². The van der Waals surface area contributed by atoms with Crippen LogP contribution in [0.1, 0.15) is 16.8 Å². The number of H-pyrrole nitrogens is 1. The molecule has 1 saturated heterocycles. The summed E-state index contributed by atoms with van der Waals surface area (Å²) in [5.74, 6) is 0. The van der Waals surface area contributed by atoms with Gasteiger partial charge >= 0.3 is 0 Å². The molecule has 128 valence electrons. The van der Waals surface area contributed by atoms with Gasteiger partial charge in [0.15, 0.2) is 6.29 Å². The van der Waals surface area contributed by atoms with E-state index >= 15 is 0 Å². The first-order valence-electron chi connectivity index (χ1n) is 8.68. The Morgan fingerprint density at radius 1 is 1.21 bits per heavy atom. The zero-order valence-corrected chi connectivity index (χ0v) is 14.2. The van der Waals surface area contributed by atoms with E-state index < -0.39 is 0 Å². The number of nitrogens with one attached hydrogen (secondary N) is 4. The maximum absolute atomic E-state index is 12.1. The molecule has 0 aliphatic carbocycles. The van der Waals surface area contributed by atoms with E-state index in [0.717, 1.165) is 30.4 Å². The van der Waals surface area contributed by atoms with Crippen molar-refractivity contribution >= 4 is 22.9 Å². The Hall–Kier alpha value is -2.18. The summed E-state index contributed by atoms with van der Waals surface area (Å²) in [5, 5.41) is 4.21. The highest BCUT2D eigenvalue weighted by molar-refractivity contribution is 5.99. The van der Waals surface area contributed by atoms with Gasteiger partial charge in [-0.3, -0.25) is 9.59 Å². The second-order valence-corrected chi connectivity index (χ2v) is 6.64. The Labute approximate surface area is 141 Å². The number of aromatic amines is 1. The third-order valence-electron chi connectivity index (χ3n) is 4.90. The number of carbonyl (C=O) groups is 1. The van der Waals surface area contributed by atoms with E-state index in [1.54, 1.807) is 9.80 Å². The van der Waals surface area contributed by atoms with Crippen molar-refractivity contribution in [2.45, 2.75) is 6.42 Å². The normalized spacial score (nSPS) is 20.9. The van der Waals surface area contributed by atoms with Gasteiger partial charge < -0.3 is 20.1 Å². The molecule has 1 aromatic carbocycles. The minimum Gasteiger partial charge on any atom is -0.384 e. The molecular weight excluding hydrogens is 304 g/mol. The van der Waals surface area contributed by atoms with Crippen molar-refractivity contribution in [3.63, 3.8) is 0 Å². The van der Waals surface area contributed by atoms with Crippen LogP contribution >= 0.6 is 0 Å². The molecule has 0 bridgehead atoms. The summed E-state index contributed by atoms with van der Waals surface area (Å²) < 4.78 is 0. The molecule has 4 N–H and O–H groups in total. The maximum Gasteiger partial charge on any atom is 0.261 e. The molecule has 0 saturated carbocycles. The van der Waals surface area contributed by atoms with Crippen molar-refractivity contribution in [3.05, 3.63) is 40.2 Å². The topological polar surface area (TPSA) is 70.8 Å². The molecule has 0 radical (unpaired) electrons. The lowest BCUT2D eigenvalue weighted by atomic mass is 10.1. The van der Waals surface area contributed by atoms with Crippen LogP contribution in [0.5, 0.6) is 0 Å². The van der Waals surface area contributed by atoms with E-state index in [2.05, 4.69) is 17.3 Å². The number of carbonyl (C=O) groups excluding carboxylic acids is 1. The van der Waals surface area contributed by atoms with Crippen LogP contribution in [-0.4, -0.2) is 57.6 Å². The van der Waals surface area contributed by atoms with Crippen molar-refractivity contribution in [3.8, 4) is 0 Å². The second-order valence-electron chi connectivity index (χ2n) is 6.64. The van der Waals surface area contributed by atoms with Crippen LogP contribution in [0.3, 0.4) is 0 Å². The van der Waals surface area contributed by atoms with E-state index in [1.807, 2.05) is 24.3 Å². The van der Waals surface area contributed by atoms with Gasteiger partial charge in [0.05, 0.1) is 24.8 Å². The smallest absolute Gasteiger partial charge is 0.261 e. The van der Waals surface area contributed by atoms with Crippen molar-refractivity contribution in [1.82, 2.24) is 4.98 Å². The highest BCUT2D eigenvalue weighted by Crippen LogP contribution is 2.22. The van der Waals surface area contributed by atoms with E-state index in [-0.39, 0.29) is 11.1 Å². The minimum atomic E-state index is -0.334. The van der Waals surface area contributed by atoms with Crippen LogP contribution in [0.4, 0.5) is 5.69 Å². The van der Waals surface area contributed by atoms with E-state index in [1.165, 1.54) is 26.2 Å². The second kappa shape index (κ2) is 7.59. The van der Waals surface area contributed by atoms with Gasteiger partial charge in [-0.2, -0.15) is 0 Å². The molecule has 24 heavy (non-hydrogen) atoms. The van der Waals surface area contributed by atoms with Gasteiger partial charge in [-0.25, -0.2) is 0 Å². The summed E-state index contributed by atoms with van der Waals surface area (Å²) in [6.45, 7) is 6.80. The first-order chi connectivity index (χ1) is 11.7. The first kappa shape index (κ1) is 16.7. The Morgan fingerprint density at radius 2 is 1.96 bits per heavy atom. The van der Waals surface area contributed by atoms with E-state index in [4.69, 9.17) is 0 Å². The molecule has 1 aromatic heterocycles. The standard InChI is InChI=1S/C18H24N4O2/c1-21-9-11-22(12-10-21)8-4-7-19-17-14-5-2-3-6-16(14)20-18(24)15(17)13-23/h2-3,5-6,13H,4,7-12H2,1H3,(H2,19,20,24)/p+2. The lowest BCUT2D eigenvalue weighted by Gasteiger charge is -2.27. The Balaban J connectivity index is 1.66. The van der Waals surface area contributed by atoms with Crippen LogP contribution < -0.4 is 20.7 Å². The number of quaternary nitrogens is 2. The zero-order chi connectivity index (χ0) is 16.9. The number of aromatic nitrogens is 1. The molecule has 1 aliphatic heterocycles. The fraction of sp³-hybridized carbons (Fsp3) is 0.444. The summed E-state index contributed by atoms with van der Waals surface area (Å²) >= 11 is 0. The van der Waals surface area contributed by atoms with E-state index in [9.17, 15) is 9.59 Å². The highest BCUT2D eigenvalue weighted by Gasteiger charge is 2.19. The van der Waals surface area contributed by atoms with Crippen molar-refractivity contribution in [1.29, 1.82) is 0 Å². The molecule has 0 spiro atoms. The van der Waals surface area contributed by atoms with Crippen LogP contribution in [0, 0.1) is 0 Å². The molecule has 0 amide bonds. The SMILES string of the molecule is C[NH+]1CC[NH+](CCCNc2c(C=O)c(=O)[nH]c3ccccc23)CC1. The third kappa shape index (κ3) is 3.66. The Morgan fingerprint density at radius 3 is 2.71 bits per heavy atom. The number of rotatable bonds is 6. The highest BCUT2D eigenvalue weighted by atomic mass is 16.1. The fourth-order valence-corrected chi connectivity index (χ4v) is 3.39. The number of para-hydroxylation sites is 1. The molecule has 1 aliphatic rings. The average molecular weight is 330 g/mol. The van der Waals surface area contributed by atoms with Crippen molar-refractivity contribution < 1.29 is 14.6 Å². The van der Waals surface area contributed by atoms with Gasteiger partial charge in [-0.15, -0.1) is 0 Å². The van der Waals surface area contributed by atoms with Gasteiger partial charge in [-0.1, -0.05) is 18.2 Å². The average Bonchev–Trinajstić information content (AvgIpc) is 2.60. The number of piperazine rings is 1. The molecule has 1 fully saturated rings. The van der Waals surface area contributed by atoms with Crippen LogP contribution in [0.15, 0.2) is 29.1 Å². The Kier molecular flexibility index (Phi) is 5.27. The number of benzene rings is 1. The summed E-state index contributed by atoms with van der Waals surface area (Å²) in [4.78, 5) is 29.4. The molecule has 6 nitrogen and oxygen atoms in total. The number of likely N-dealkylation sites (N-methyl/N-ethyl adjacent to an activating group) is 1. The Bertz CT molecular complexity index is 763. The van der Waals surface area contributed by atoms with Gasteiger partial charge in [0.25, 0.3) is 5.56 Å². The summed E-state index contributed by atoms with van der Waals surface area (Å²) in [6, 6.07) is 7.57. The first-order valence-corrected chi connectivity index (χ1v) is 8.68. The number of anilines is 1. The van der Waals surface area contributed by atoms with Crippen LogP contribution in [-0.2, 0) is 0 Å². The van der Waals surface area contributed by atoms with Crippen LogP contribution in [0.25, 0.3) is 10.9 Å². The van der Waals surface area contributed by atoms with E-state index in [0.29, 0.717) is 12.0 Å². The van der Waals surface area contributed by atoms with Gasteiger partial charge in [-0.05, 0) is 6.07 Å². The summed E-state index contributed by atoms with van der Waals surface area (Å²) in [5.41, 5.74) is 1.26. The summed E-state index contributed by atoms with van der Waals surface area (Å²) in [6.07, 6.45) is 1.66. The largest absolute Gasteiger partial charge is 0.384 e. The fourth-order valence-electron chi connectivity index (χ4n) is 3.39. The van der Waals surface area contributed by atoms with Gasteiger partial charge in [0, 0.05) is 18.4 Å². The number of fused-ring (bicyclic) bond motifs is 1. The number of hydrogen-bond donors (Lipinski definition) is 4. The third-order valence-corrected chi connectivity index (χ3v) is 4.90. The van der Waals surface area contributed by atoms with Crippen molar-refractivity contribution in [2.75, 3.05) is 51.6 Å².